The zero-order valence-corrected chi connectivity index (χ0v) is 12.9. The van der Waals surface area contributed by atoms with Crippen LogP contribution in [0.2, 0.25) is 0 Å². The highest BCUT2D eigenvalue weighted by Gasteiger charge is 2.11. The quantitative estimate of drug-likeness (QED) is 0.847. The summed E-state index contributed by atoms with van der Waals surface area (Å²) < 4.78 is 5.28. The molecule has 0 aliphatic heterocycles. The number of anilines is 1. The molecule has 0 unspecified atom stereocenters. The maximum absolute atomic E-state index is 11.9. The van der Waals surface area contributed by atoms with Crippen molar-refractivity contribution in [2.75, 3.05) is 25.5 Å². The zero-order chi connectivity index (χ0) is 15.1. The summed E-state index contributed by atoms with van der Waals surface area (Å²) >= 11 is 1.40. The van der Waals surface area contributed by atoms with Crippen LogP contribution in [-0.4, -0.2) is 41.2 Å². The summed E-state index contributed by atoms with van der Waals surface area (Å²) in [5.41, 5.74) is 0.797. The number of hydrogen-bond acceptors (Lipinski definition) is 6. The lowest BCUT2D eigenvalue weighted by atomic mass is 10.3. The summed E-state index contributed by atoms with van der Waals surface area (Å²) in [6.45, 7) is 3.33. The second-order valence-electron chi connectivity index (χ2n) is 4.48. The van der Waals surface area contributed by atoms with Crippen LogP contribution in [0.15, 0.2) is 30.3 Å². The Labute approximate surface area is 127 Å². The number of nitrogens with zero attached hydrogens (tertiary/aromatic N) is 3. The zero-order valence-electron chi connectivity index (χ0n) is 12.1. The molecule has 1 amide bonds. The number of nitrogens with one attached hydrogen (secondary N) is 1. The number of para-hydroxylation sites is 1. The SMILES string of the molecule is CCOc1nnc(CN(C)CC(=O)Nc2ccccc2)s1. The summed E-state index contributed by atoms with van der Waals surface area (Å²) in [6.07, 6.45) is 0. The molecule has 1 aromatic carbocycles. The van der Waals surface area contributed by atoms with Crippen LogP contribution in [0.4, 0.5) is 5.69 Å². The van der Waals surface area contributed by atoms with Crippen molar-refractivity contribution in [1.82, 2.24) is 15.1 Å². The van der Waals surface area contributed by atoms with E-state index in [0.717, 1.165) is 10.7 Å². The number of benzene rings is 1. The van der Waals surface area contributed by atoms with E-state index < -0.39 is 0 Å². The number of ether oxygens (including phenoxy) is 1. The van der Waals surface area contributed by atoms with Crippen LogP contribution < -0.4 is 10.1 Å². The first-order chi connectivity index (χ1) is 10.2. The van der Waals surface area contributed by atoms with E-state index in [1.807, 2.05) is 49.2 Å². The molecule has 7 heteroatoms. The van der Waals surface area contributed by atoms with Gasteiger partial charge in [0.05, 0.1) is 19.7 Å². The highest BCUT2D eigenvalue weighted by molar-refractivity contribution is 7.13. The van der Waals surface area contributed by atoms with E-state index in [4.69, 9.17) is 4.74 Å². The minimum absolute atomic E-state index is 0.0572. The van der Waals surface area contributed by atoms with Crippen LogP contribution in [0.5, 0.6) is 5.19 Å². The van der Waals surface area contributed by atoms with Crippen LogP contribution in [0, 0.1) is 0 Å². The third-order valence-corrected chi connectivity index (χ3v) is 3.41. The van der Waals surface area contributed by atoms with Gasteiger partial charge in [-0.25, -0.2) is 0 Å². The molecule has 112 valence electrons. The van der Waals surface area contributed by atoms with E-state index in [-0.39, 0.29) is 5.91 Å². The minimum Gasteiger partial charge on any atom is -0.469 e. The summed E-state index contributed by atoms with van der Waals surface area (Å²) in [6, 6.07) is 9.40. The van der Waals surface area contributed by atoms with Gasteiger partial charge in [-0.1, -0.05) is 29.5 Å². The van der Waals surface area contributed by atoms with E-state index in [1.54, 1.807) is 0 Å². The first-order valence-electron chi connectivity index (χ1n) is 6.66. The smallest absolute Gasteiger partial charge is 0.294 e. The van der Waals surface area contributed by atoms with Gasteiger partial charge in [0.15, 0.2) is 0 Å². The standard InChI is InChI=1S/C14H18N4O2S/c1-3-20-14-17-16-13(21-14)10-18(2)9-12(19)15-11-7-5-4-6-8-11/h4-8H,3,9-10H2,1-2H3,(H,15,19). The van der Waals surface area contributed by atoms with Gasteiger partial charge in [0.25, 0.3) is 5.19 Å². The van der Waals surface area contributed by atoms with E-state index in [1.165, 1.54) is 11.3 Å². The second-order valence-corrected chi connectivity index (χ2v) is 5.51. The number of rotatable bonds is 7. The Hall–Kier alpha value is -1.99. The molecule has 1 heterocycles. The number of carbonyl (C=O) groups is 1. The third-order valence-electron chi connectivity index (χ3n) is 2.59. The topological polar surface area (TPSA) is 67.4 Å². The lowest BCUT2D eigenvalue weighted by Crippen LogP contribution is -2.29. The van der Waals surface area contributed by atoms with Gasteiger partial charge in [-0.05, 0) is 26.1 Å². The van der Waals surface area contributed by atoms with Crippen LogP contribution in [0.1, 0.15) is 11.9 Å². The summed E-state index contributed by atoms with van der Waals surface area (Å²) in [7, 11) is 1.87. The Bertz CT molecular complexity index is 573. The van der Waals surface area contributed by atoms with Gasteiger partial charge in [-0.3, -0.25) is 9.69 Å². The maximum Gasteiger partial charge on any atom is 0.294 e. The van der Waals surface area contributed by atoms with Crippen molar-refractivity contribution in [3.8, 4) is 5.19 Å². The Kier molecular flexibility index (Phi) is 5.65. The van der Waals surface area contributed by atoms with Gasteiger partial charge in [0, 0.05) is 5.69 Å². The Balaban J connectivity index is 1.80. The van der Waals surface area contributed by atoms with Crippen LogP contribution in [0.3, 0.4) is 0 Å². The number of hydrogen-bond donors (Lipinski definition) is 1. The average Bonchev–Trinajstić information content (AvgIpc) is 2.87. The van der Waals surface area contributed by atoms with Crippen molar-refractivity contribution >= 4 is 22.9 Å². The van der Waals surface area contributed by atoms with E-state index >= 15 is 0 Å². The van der Waals surface area contributed by atoms with Crippen LogP contribution >= 0.6 is 11.3 Å². The third kappa shape index (κ3) is 5.13. The lowest BCUT2D eigenvalue weighted by Gasteiger charge is -2.14. The molecular weight excluding hydrogens is 288 g/mol. The van der Waals surface area contributed by atoms with Crippen molar-refractivity contribution in [3.05, 3.63) is 35.3 Å². The van der Waals surface area contributed by atoms with Crippen molar-refractivity contribution in [2.24, 2.45) is 0 Å². The van der Waals surface area contributed by atoms with Gasteiger partial charge < -0.3 is 10.1 Å². The molecule has 0 spiro atoms. The fraction of sp³-hybridized carbons (Fsp3) is 0.357. The highest BCUT2D eigenvalue weighted by Crippen LogP contribution is 2.18. The predicted octanol–water partition coefficient (Wildman–Crippen LogP) is 2.01. The van der Waals surface area contributed by atoms with Crippen molar-refractivity contribution in [1.29, 1.82) is 0 Å². The number of aromatic nitrogens is 2. The molecule has 0 fully saturated rings. The molecule has 0 bridgehead atoms. The molecule has 2 rings (SSSR count). The van der Waals surface area contributed by atoms with Gasteiger partial charge in [-0.2, -0.15) is 0 Å². The fourth-order valence-corrected chi connectivity index (χ4v) is 2.56. The normalized spacial score (nSPS) is 10.6. The van der Waals surface area contributed by atoms with Crippen molar-refractivity contribution < 1.29 is 9.53 Å². The molecular formula is C14H18N4O2S. The minimum atomic E-state index is -0.0572. The molecule has 0 radical (unpaired) electrons. The van der Waals surface area contributed by atoms with Crippen LogP contribution in [-0.2, 0) is 11.3 Å². The molecule has 21 heavy (non-hydrogen) atoms. The molecule has 0 atom stereocenters. The number of likely N-dealkylation sites (N-methyl/N-ethyl adjacent to an activating group) is 1. The van der Waals surface area contributed by atoms with Gasteiger partial charge in [0.1, 0.15) is 5.01 Å². The molecule has 0 aliphatic carbocycles. The van der Waals surface area contributed by atoms with Crippen molar-refractivity contribution in [2.45, 2.75) is 13.5 Å². The molecule has 1 N–H and O–H groups in total. The molecule has 2 aromatic rings. The predicted molar refractivity (Wildman–Crippen MR) is 82.5 cm³/mol. The lowest BCUT2D eigenvalue weighted by molar-refractivity contribution is -0.117. The Morgan fingerprint density at radius 2 is 2.10 bits per heavy atom. The Morgan fingerprint density at radius 3 is 2.81 bits per heavy atom. The largest absolute Gasteiger partial charge is 0.469 e. The number of amides is 1. The maximum atomic E-state index is 11.9. The molecule has 0 saturated heterocycles. The van der Waals surface area contributed by atoms with Crippen LogP contribution in [0.25, 0.3) is 0 Å². The molecule has 1 aromatic heterocycles. The first kappa shape index (κ1) is 15.4. The van der Waals surface area contributed by atoms with Crippen molar-refractivity contribution in [3.63, 3.8) is 0 Å². The van der Waals surface area contributed by atoms with E-state index in [0.29, 0.717) is 24.9 Å². The molecule has 6 nitrogen and oxygen atoms in total. The van der Waals surface area contributed by atoms with E-state index in [2.05, 4.69) is 15.5 Å². The monoisotopic (exact) mass is 306 g/mol. The van der Waals surface area contributed by atoms with Gasteiger partial charge in [-0.15, -0.1) is 10.2 Å². The second kappa shape index (κ2) is 7.70. The highest BCUT2D eigenvalue weighted by atomic mass is 32.1. The summed E-state index contributed by atoms with van der Waals surface area (Å²) in [5, 5.41) is 12.2. The fourth-order valence-electron chi connectivity index (χ4n) is 1.74. The summed E-state index contributed by atoms with van der Waals surface area (Å²) in [5.74, 6) is -0.0572. The van der Waals surface area contributed by atoms with Gasteiger partial charge in [0.2, 0.25) is 5.91 Å². The number of carbonyl (C=O) groups excluding carboxylic acids is 1. The summed E-state index contributed by atoms with van der Waals surface area (Å²) in [4.78, 5) is 13.8. The molecule has 0 aliphatic rings. The Morgan fingerprint density at radius 1 is 1.33 bits per heavy atom. The van der Waals surface area contributed by atoms with E-state index in [9.17, 15) is 4.79 Å². The first-order valence-corrected chi connectivity index (χ1v) is 7.47. The molecule has 0 saturated carbocycles. The van der Waals surface area contributed by atoms with Gasteiger partial charge >= 0.3 is 0 Å². The average molecular weight is 306 g/mol.